The van der Waals surface area contributed by atoms with Gasteiger partial charge >= 0.3 is 0 Å². The number of aliphatic imine (C=N–C) groups is 1. The van der Waals surface area contributed by atoms with Gasteiger partial charge in [-0.25, -0.2) is 4.99 Å². The summed E-state index contributed by atoms with van der Waals surface area (Å²) in [6.45, 7) is 0. The van der Waals surface area contributed by atoms with E-state index in [1.165, 1.54) is 4.68 Å². The molecule has 2 rings (SSSR count). The third kappa shape index (κ3) is 0.813. The summed E-state index contributed by atoms with van der Waals surface area (Å²) in [6.07, 6.45) is 2.45. The van der Waals surface area contributed by atoms with E-state index in [1.807, 2.05) is 0 Å². The second-order valence-electron chi connectivity index (χ2n) is 2.39. The van der Waals surface area contributed by atoms with E-state index in [-0.39, 0.29) is 0 Å². The minimum atomic E-state index is -0.725. The van der Waals surface area contributed by atoms with Crippen LogP contribution in [0.5, 0.6) is 0 Å². The van der Waals surface area contributed by atoms with E-state index in [9.17, 15) is 5.11 Å². The highest BCUT2D eigenvalue weighted by Gasteiger charge is 2.17. The molecule has 11 heavy (non-hydrogen) atoms. The van der Waals surface area contributed by atoms with Crippen molar-refractivity contribution < 1.29 is 5.11 Å². The lowest BCUT2D eigenvalue weighted by molar-refractivity contribution is -0.00699. The Morgan fingerprint density at radius 2 is 2.45 bits per heavy atom. The Hall–Kier alpha value is -1.36. The van der Waals surface area contributed by atoms with Crippen molar-refractivity contribution in [2.24, 2.45) is 4.99 Å². The number of fused-ring (bicyclic) bond motifs is 1. The molecule has 0 saturated carbocycles. The fraction of sp³-hybridized carbons (Fsp3) is 0.333. The highest BCUT2D eigenvalue weighted by Crippen LogP contribution is 2.20. The van der Waals surface area contributed by atoms with Crippen LogP contribution in [0.2, 0.25) is 0 Å². The van der Waals surface area contributed by atoms with Crippen LogP contribution in [0.4, 0.5) is 5.82 Å². The second-order valence-corrected chi connectivity index (χ2v) is 2.39. The van der Waals surface area contributed by atoms with E-state index in [0.717, 1.165) is 0 Å². The first-order valence-corrected chi connectivity index (χ1v) is 3.27. The average Bonchev–Trinajstić information content (AvgIpc) is 2.45. The summed E-state index contributed by atoms with van der Waals surface area (Å²) in [6, 6.07) is 1.74. The van der Waals surface area contributed by atoms with Gasteiger partial charge in [0.2, 0.25) is 6.35 Å². The first-order valence-electron chi connectivity index (χ1n) is 3.27. The van der Waals surface area contributed by atoms with Crippen LogP contribution < -0.4 is 0 Å². The third-order valence-electron chi connectivity index (χ3n) is 1.60. The van der Waals surface area contributed by atoms with E-state index in [1.54, 1.807) is 30.5 Å². The predicted octanol–water partition coefficient (Wildman–Crippen LogP) is -0.0633. The fourth-order valence-corrected chi connectivity index (χ4v) is 0.970. The zero-order valence-corrected chi connectivity index (χ0v) is 6.05. The summed E-state index contributed by atoms with van der Waals surface area (Å²) in [4.78, 5) is 5.60. The molecular weight excluding hydrogens is 144 g/mol. The van der Waals surface area contributed by atoms with Crippen molar-refractivity contribution in [2.45, 2.75) is 6.35 Å². The maximum atomic E-state index is 9.45. The standard InChI is InChI=1S/C6H8N4O/c1-9-4-7-5-2-3-8-10(5)6(9)11/h2-4,6,11H,1H3. The normalized spacial score (nSPS) is 22.0. The molecule has 1 aliphatic rings. The number of hydrogen-bond acceptors (Lipinski definition) is 4. The summed E-state index contributed by atoms with van der Waals surface area (Å²) in [7, 11) is 1.73. The molecule has 0 saturated heterocycles. The highest BCUT2D eigenvalue weighted by molar-refractivity contribution is 5.61. The molecule has 1 unspecified atom stereocenters. The molecule has 0 aliphatic carbocycles. The van der Waals surface area contributed by atoms with Crippen molar-refractivity contribution >= 4 is 12.2 Å². The van der Waals surface area contributed by atoms with Gasteiger partial charge in [0.05, 0.1) is 12.5 Å². The number of nitrogens with zero attached hydrogens (tertiary/aromatic N) is 4. The van der Waals surface area contributed by atoms with Crippen LogP contribution in [-0.4, -0.2) is 33.2 Å². The van der Waals surface area contributed by atoms with Crippen molar-refractivity contribution in [3.05, 3.63) is 12.3 Å². The summed E-state index contributed by atoms with van der Waals surface area (Å²) in [5, 5.41) is 13.4. The largest absolute Gasteiger partial charge is 0.355 e. The maximum Gasteiger partial charge on any atom is 0.229 e. The van der Waals surface area contributed by atoms with Gasteiger partial charge in [-0.3, -0.25) is 0 Å². The average molecular weight is 152 g/mol. The van der Waals surface area contributed by atoms with Crippen molar-refractivity contribution in [3.63, 3.8) is 0 Å². The number of aliphatic hydroxyl groups is 1. The molecule has 5 heteroatoms. The lowest BCUT2D eigenvalue weighted by atomic mass is 10.6. The van der Waals surface area contributed by atoms with Crippen LogP contribution in [0.3, 0.4) is 0 Å². The molecule has 0 aromatic carbocycles. The summed E-state index contributed by atoms with van der Waals surface area (Å²) < 4.78 is 1.44. The van der Waals surface area contributed by atoms with Crippen molar-refractivity contribution in [2.75, 3.05) is 7.05 Å². The number of hydrogen-bond donors (Lipinski definition) is 1. The first-order chi connectivity index (χ1) is 5.29. The van der Waals surface area contributed by atoms with Crippen molar-refractivity contribution in [1.82, 2.24) is 14.7 Å². The van der Waals surface area contributed by atoms with Crippen LogP contribution in [-0.2, 0) is 0 Å². The second kappa shape index (κ2) is 2.06. The molecule has 1 aliphatic heterocycles. The Morgan fingerprint density at radius 1 is 1.64 bits per heavy atom. The van der Waals surface area contributed by atoms with Gasteiger partial charge in [-0.15, -0.1) is 0 Å². The number of aliphatic hydroxyl groups excluding tert-OH is 1. The highest BCUT2D eigenvalue weighted by atomic mass is 16.3. The van der Waals surface area contributed by atoms with Crippen molar-refractivity contribution in [3.8, 4) is 0 Å². The molecule has 1 aromatic rings. The molecule has 5 nitrogen and oxygen atoms in total. The molecule has 1 N–H and O–H groups in total. The quantitative estimate of drug-likeness (QED) is 0.566. The monoisotopic (exact) mass is 152 g/mol. The van der Waals surface area contributed by atoms with Crippen LogP contribution in [0.25, 0.3) is 0 Å². The maximum absolute atomic E-state index is 9.45. The lowest BCUT2D eigenvalue weighted by Gasteiger charge is -2.24. The van der Waals surface area contributed by atoms with Crippen LogP contribution in [0.1, 0.15) is 6.35 Å². The number of rotatable bonds is 0. The molecule has 0 spiro atoms. The summed E-state index contributed by atoms with van der Waals surface area (Å²) in [5.41, 5.74) is 0. The zero-order valence-electron chi connectivity index (χ0n) is 6.05. The molecular formula is C6H8N4O. The van der Waals surface area contributed by atoms with E-state index in [4.69, 9.17) is 0 Å². The molecule has 0 amide bonds. The molecule has 1 aromatic heterocycles. The topological polar surface area (TPSA) is 53.7 Å². The minimum Gasteiger partial charge on any atom is -0.355 e. The van der Waals surface area contributed by atoms with Gasteiger partial charge in [-0.1, -0.05) is 0 Å². The third-order valence-corrected chi connectivity index (χ3v) is 1.60. The van der Waals surface area contributed by atoms with E-state index in [2.05, 4.69) is 10.1 Å². The number of aromatic nitrogens is 2. The van der Waals surface area contributed by atoms with Crippen LogP contribution in [0, 0.1) is 0 Å². The summed E-state index contributed by atoms with van der Waals surface area (Å²) >= 11 is 0. The van der Waals surface area contributed by atoms with Gasteiger partial charge in [0.1, 0.15) is 0 Å². The van der Waals surface area contributed by atoms with Gasteiger partial charge in [0, 0.05) is 13.1 Å². The summed E-state index contributed by atoms with van der Waals surface area (Å²) in [5.74, 6) is 0.676. The van der Waals surface area contributed by atoms with Gasteiger partial charge in [-0.2, -0.15) is 9.78 Å². The lowest BCUT2D eigenvalue weighted by Crippen LogP contribution is -2.30. The zero-order chi connectivity index (χ0) is 7.84. The van der Waals surface area contributed by atoms with E-state index >= 15 is 0 Å². The first kappa shape index (κ1) is 6.36. The van der Waals surface area contributed by atoms with Gasteiger partial charge in [-0.05, 0) is 0 Å². The van der Waals surface area contributed by atoms with Crippen LogP contribution >= 0.6 is 0 Å². The fourth-order valence-electron chi connectivity index (χ4n) is 0.970. The van der Waals surface area contributed by atoms with Gasteiger partial charge in [0.15, 0.2) is 5.82 Å². The van der Waals surface area contributed by atoms with E-state index < -0.39 is 6.35 Å². The molecule has 0 radical (unpaired) electrons. The Balaban J connectivity index is 2.48. The molecule has 0 bridgehead atoms. The van der Waals surface area contributed by atoms with E-state index in [0.29, 0.717) is 5.82 Å². The van der Waals surface area contributed by atoms with Gasteiger partial charge < -0.3 is 10.0 Å². The minimum absolute atomic E-state index is 0.676. The SMILES string of the molecule is CN1C=Nc2ccnn2C1O. The van der Waals surface area contributed by atoms with Gasteiger partial charge in [0.25, 0.3) is 0 Å². The molecule has 1 atom stereocenters. The Bertz CT molecular complexity index is 293. The molecule has 58 valence electrons. The smallest absolute Gasteiger partial charge is 0.229 e. The Labute approximate surface area is 63.6 Å². The van der Waals surface area contributed by atoms with Crippen LogP contribution in [0.15, 0.2) is 17.3 Å². The predicted molar refractivity (Wildman–Crippen MR) is 39.4 cm³/mol. The molecule has 0 fully saturated rings. The Morgan fingerprint density at radius 3 is 3.27 bits per heavy atom. The molecule has 2 heterocycles. The Kier molecular flexibility index (Phi) is 1.19. The van der Waals surface area contributed by atoms with Crippen molar-refractivity contribution in [1.29, 1.82) is 0 Å².